The predicted molar refractivity (Wildman–Crippen MR) is 514 cm³/mol. The number of hydrogen-bond donors (Lipinski definition) is 12. The molecule has 4 aromatic heterocycles. The second-order valence-electron chi connectivity index (χ2n) is 41.8. The Hall–Kier alpha value is -10.7. The Labute approximate surface area is 865 Å². The predicted octanol–water partition coefficient (Wildman–Crippen LogP) is -2.99. The minimum absolute atomic E-state index is 0.0613. The molecule has 8 aromatic rings. The molecule has 0 unspecified atom stereocenters. The number of ether oxygens (including phenoxy) is 16. The van der Waals surface area contributed by atoms with Crippen molar-refractivity contribution < 1.29 is 204 Å². The van der Waals surface area contributed by atoms with Crippen LogP contribution in [0.25, 0.3) is 43.9 Å². The Balaban J connectivity index is 0.000000139. The topological polar surface area (TPSA) is 626 Å². The van der Waals surface area contributed by atoms with Crippen molar-refractivity contribution >= 4 is 79.7 Å². The Kier molecular flexibility index (Phi) is 40.9. The van der Waals surface area contributed by atoms with Crippen LogP contribution in [0.15, 0.2) is 90.9 Å². The zero-order valence-corrected chi connectivity index (χ0v) is 84.8. The molecule has 12 aliphatic heterocycles. The van der Waals surface area contributed by atoms with E-state index in [2.05, 4.69) is 20.6 Å². The molecule has 150 heavy (non-hydrogen) atoms. The van der Waals surface area contributed by atoms with Gasteiger partial charge in [-0.1, -0.05) is 24.3 Å². The first-order valence-corrected chi connectivity index (χ1v) is 52.6. The van der Waals surface area contributed by atoms with E-state index < -0.39 is 95.1 Å². The molecule has 0 radical (unpaired) electrons. The number of likely N-dealkylation sites (tertiary alicyclic amines) is 4. The fraction of sp³-hybridized carbons (Fsp3) is 0.673. The Morgan fingerprint density at radius 1 is 0.313 bits per heavy atom. The molecule has 0 spiro atoms. The van der Waals surface area contributed by atoms with E-state index >= 15 is 0 Å². The van der Waals surface area contributed by atoms with Gasteiger partial charge in [-0.3, -0.25) is 9.59 Å². The van der Waals surface area contributed by atoms with E-state index in [-0.39, 0.29) is 24.4 Å². The van der Waals surface area contributed by atoms with Crippen molar-refractivity contribution in [3.05, 3.63) is 72.8 Å². The number of nitrogens with one attached hydrogen (secondary N) is 4. The van der Waals surface area contributed by atoms with Gasteiger partial charge < -0.3 is 194 Å². The molecular weight excluding hydrogens is 1970 g/mol. The van der Waals surface area contributed by atoms with Crippen LogP contribution < -0.4 is 77.9 Å². The number of nitrogens with zero attached hydrogens (tertiary/aromatic N) is 4. The molecule has 12 aliphatic rings. The molecule has 12 saturated heterocycles. The zero-order chi connectivity index (χ0) is 106. The first kappa shape index (κ1) is 113. The minimum Gasteiger partial charge on any atom is -0.550 e. The molecule has 4 aromatic carbocycles. The summed E-state index contributed by atoms with van der Waals surface area (Å²) in [5.41, 5.74) is -5.35. The lowest BCUT2D eigenvalue weighted by atomic mass is 9.91. The van der Waals surface area contributed by atoms with Gasteiger partial charge in [-0.2, -0.15) is 0 Å². The Morgan fingerprint density at radius 3 is 0.707 bits per heavy atom. The quantitative estimate of drug-likeness (QED) is 0.0184. The largest absolute Gasteiger partial charge is 0.550 e. The SMILES string of the molecule is O=C([O-])C[C@@](O)(CC(=O)O)C(=O)[O-].O=C([O-])C[C@](O)(CC(=O)O)C(=O)[O-].OC1(C[NH+]2CCC(COc3noc4cccc(O[C@@H]5CCOC5)c34)CC2)CCOCC1.OC1(C[NH+]2CCC(COc3noc4cccc(O[C@@H]5CCOC5)c34)CC2)CCOCC1.OC1(C[NH+]2CCC(COc3noc4cccc(O[C@@H]5CCOC5)c34)CC2)CCOCC1.OC1(C[NH+]2CCC(COc3noc4cccc(O[C@@H]5CCOC5)c34)CC2)CCOCC1. The number of carbonyl (C=O) groups excluding carboxylic acids is 4. The van der Waals surface area contributed by atoms with Crippen molar-refractivity contribution in [3.8, 4) is 46.5 Å². The molecule has 0 saturated carbocycles. The molecule has 0 amide bonds. The fourth-order valence-corrected chi connectivity index (χ4v) is 21.1. The van der Waals surface area contributed by atoms with Crippen molar-refractivity contribution in [2.24, 2.45) is 23.7 Å². The number of piperidine rings is 4. The lowest BCUT2D eigenvalue weighted by molar-refractivity contribution is -0.912. The average Bonchev–Trinajstić information content (AvgIpc) is 1.67. The Bertz CT molecular complexity index is 4910. The average molecular weight is 2110 g/mol. The van der Waals surface area contributed by atoms with Crippen molar-refractivity contribution in [1.82, 2.24) is 20.6 Å². The lowest BCUT2D eigenvalue weighted by Gasteiger charge is -2.37. The van der Waals surface area contributed by atoms with Gasteiger partial charge >= 0.3 is 11.9 Å². The second-order valence-corrected chi connectivity index (χ2v) is 41.8. The normalized spacial score (nSPS) is 26.2. The highest BCUT2D eigenvalue weighted by molar-refractivity contribution is 5.92. The molecule has 12 N–H and O–H groups in total. The van der Waals surface area contributed by atoms with E-state index in [0.29, 0.717) is 175 Å². The van der Waals surface area contributed by atoms with Gasteiger partial charge in [0.15, 0.2) is 22.3 Å². The standard InChI is InChI=1S/4C23H32N2O6.2C6H8O7/c4*26-23(7-12-27-13-8-23)16-25-9-4-17(5-10-25)14-29-22-21-19(30-18-6-11-28-15-18)2-1-3-20(21)31-24-22;2*7-3(8)1-6(13,5(11)12)2-4(9)10/h4*1-3,17-18,26H,4-16H2;2*13H,1-2H2,(H,7,8)(H,9,10)(H,11,12)/t4*18-;;/m1111../s1. The van der Waals surface area contributed by atoms with Crippen molar-refractivity contribution in [3.63, 3.8) is 0 Å². The van der Waals surface area contributed by atoms with Gasteiger partial charge in [0.2, 0.25) is 0 Å². The molecule has 6 atom stereocenters. The number of carbonyl (C=O) groups is 6. The molecule has 46 heteroatoms. The number of benzene rings is 4. The molecule has 0 bridgehead atoms. The Morgan fingerprint density at radius 2 is 0.527 bits per heavy atom. The molecule has 46 nitrogen and oxygen atoms in total. The summed E-state index contributed by atoms with van der Waals surface area (Å²) in [4.78, 5) is 66.3. The van der Waals surface area contributed by atoms with Crippen LogP contribution in [-0.2, 0) is 66.7 Å². The van der Waals surface area contributed by atoms with Crippen LogP contribution in [0.2, 0.25) is 0 Å². The molecule has 20 rings (SSSR count). The van der Waals surface area contributed by atoms with Gasteiger partial charge in [-0.25, -0.2) is 0 Å². The zero-order valence-electron chi connectivity index (χ0n) is 84.8. The van der Waals surface area contributed by atoms with Gasteiger partial charge in [-0.05, 0) is 69.2 Å². The van der Waals surface area contributed by atoms with E-state index in [9.17, 15) is 69.6 Å². The first-order chi connectivity index (χ1) is 72.3. The smallest absolute Gasteiger partial charge is 0.306 e. The van der Waals surface area contributed by atoms with Gasteiger partial charge in [0, 0.05) is 230 Å². The maximum absolute atomic E-state index is 10.8. The summed E-state index contributed by atoms with van der Waals surface area (Å²) < 4.78 is 114. The number of rotatable bonds is 38. The number of fused-ring (bicyclic) bond motifs is 4. The summed E-state index contributed by atoms with van der Waals surface area (Å²) >= 11 is 0. The summed E-state index contributed by atoms with van der Waals surface area (Å²) in [6.45, 7) is 25.0. The van der Waals surface area contributed by atoms with E-state index in [1.807, 2.05) is 72.8 Å². The number of hydrogen-bond acceptors (Lipinski definition) is 40. The fourth-order valence-electron chi connectivity index (χ4n) is 21.1. The van der Waals surface area contributed by atoms with E-state index in [1.54, 1.807) is 0 Å². The van der Waals surface area contributed by atoms with Crippen LogP contribution >= 0.6 is 0 Å². The highest BCUT2D eigenvalue weighted by Gasteiger charge is 2.43. The van der Waals surface area contributed by atoms with Crippen LogP contribution in [0.3, 0.4) is 0 Å². The first-order valence-electron chi connectivity index (χ1n) is 52.6. The molecule has 12 fully saturated rings. The van der Waals surface area contributed by atoms with Crippen LogP contribution in [0.1, 0.15) is 154 Å². The summed E-state index contributed by atoms with van der Waals surface area (Å²) in [5, 5.41) is 137. The van der Waals surface area contributed by atoms with Crippen molar-refractivity contribution in [2.45, 2.75) is 212 Å². The highest BCUT2D eigenvalue weighted by Crippen LogP contribution is 2.41. The molecule has 828 valence electrons. The number of aromatic nitrogens is 4. The highest BCUT2D eigenvalue weighted by atomic mass is 16.6. The monoisotopic (exact) mass is 2110 g/mol. The van der Waals surface area contributed by atoms with Crippen LogP contribution in [-0.4, -0.2) is 366 Å². The summed E-state index contributed by atoms with van der Waals surface area (Å²) in [6.07, 6.45) is 13.3. The molecular formula is C104H144N8O38. The van der Waals surface area contributed by atoms with E-state index in [0.717, 1.165) is 278 Å². The molecule has 16 heterocycles. The maximum atomic E-state index is 10.8. The lowest BCUT2D eigenvalue weighted by Crippen LogP contribution is -3.15. The van der Waals surface area contributed by atoms with Gasteiger partial charge in [0.05, 0.1) is 156 Å². The number of quaternary nitrogens is 4. The van der Waals surface area contributed by atoms with Gasteiger partial charge in [-0.15, -0.1) is 0 Å². The number of aliphatic carboxylic acids is 6. The van der Waals surface area contributed by atoms with Crippen LogP contribution in [0.5, 0.6) is 46.5 Å². The van der Waals surface area contributed by atoms with Crippen molar-refractivity contribution in [2.75, 3.05) is 211 Å². The van der Waals surface area contributed by atoms with E-state index in [1.165, 1.54) is 19.6 Å². The summed E-state index contributed by atoms with van der Waals surface area (Å²) in [5.74, 6) is -4.39. The molecule has 0 aliphatic carbocycles. The van der Waals surface area contributed by atoms with Crippen LogP contribution in [0, 0.1) is 23.7 Å². The summed E-state index contributed by atoms with van der Waals surface area (Å²) in [6, 6.07) is 22.9. The van der Waals surface area contributed by atoms with E-state index in [4.69, 9.17) is 114 Å². The van der Waals surface area contributed by atoms with Crippen LogP contribution in [0.4, 0.5) is 0 Å². The van der Waals surface area contributed by atoms with Crippen molar-refractivity contribution in [1.29, 1.82) is 0 Å². The van der Waals surface area contributed by atoms with Gasteiger partial charge in [0.1, 0.15) is 129 Å². The second kappa shape index (κ2) is 54.2. The number of carboxylic acid groups (broad SMARTS) is 6. The third-order valence-electron chi connectivity index (χ3n) is 30.0. The number of aliphatic hydroxyl groups is 6. The third kappa shape index (κ3) is 33.2. The van der Waals surface area contributed by atoms with Gasteiger partial charge in [0.25, 0.3) is 23.5 Å². The maximum Gasteiger partial charge on any atom is 0.306 e. The summed E-state index contributed by atoms with van der Waals surface area (Å²) in [7, 11) is 0. The number of carboxylic acids is 6. The third-order valence-corrected chi connectivity index (χ3v) is 30.0. The minimum atomic E-state index is -2.91.